The van der Waals surface area contributed by atoms with E-state index in [1.54, 1.807) is 38.7 Å². The Morgan fingerprint density at radius 1 is 1.06 bits per heavy atom. The maximum atomic E-state index is 12.9. The highest BCUT2D eigenvalue weighted by Crippen LogP contribution is 2.32. The van der Waals surface area contributed by atoms with Crippen LogP contribution in [0, 0.1) is 5.92 Å². The molecule has 1 aliphatic rings. The van der Waals surface area contributed by atoms with Crippen molar-refractivity contribution in [3.8, 4) is 11.5 Å². The summed E-state index contributed by atoms with van der Waals surface area (Å²) in [7, 11) is 3.30. The predicted octanol–water partition coefficient (Wildman–Crippen LogP) is 3.88. The molecule has 1 fully saturated rings. The van der Waals surface area contributed by atoms with Crippen LogP contribution in [-0.2, 0) is 6.54 Å². The van der Waals surface area contributed by atoms with E-state index in [0.717, 1.165) is 49.7 Å². The molecule has 0 radical (unpaired) electrons. The van der Waals surface area contributed by atoms with Crippen LogP contribution in [-0.4, -0.2) is 48.1 Å². The van der Waals surface area contributed by atoms with E-state index >= 15 is 0 Å². The van der Waals surface area contributed by atoms with Crippen molar-refractivity contribution in [2.45, 2.75) is 25.4 Å². The molecule has 1 amide bonds. The van der Waals surface area contributed by atoms with E-state index in [2.05, 4.69) is 26.3 Å². The third-order valence-electron chi connectivity index (χ3n) is 6.06. The molecule has 0 saturated carbocycles. The maximum absolute atomic E-state index is 12.9. The molecule has 2 atom stereocenters. The number of nitrogens with one attached hydrogen (secondary N) is 1. The number of pyridine rings is 2. The lowest BCUT2D eigenvalue weighted by atomic mass is 9.88. The van der Waals surface area contributed by atoms with Gasteiger partial charge in [0.25, 0.3) is 5.91 Å². The molecular weight excluding hydrogens is 416 g/mol. The van der Waals surface area contributed by atoms with E-state index < -0.39 is 0 Å². The zero-order chi connectivity index (χ0) is 23.0. The van der Waals surface area contributed by atoms with Crippen molar-refractivity contribution in [1.29, 1.82) is 0 Å². The van der Waals surface area contributed by atoms with E-state index in [1.807, 2.05) is 36.4 Å². The first-order valence-electron chi connectivity index (χ1n) is 11.2. The first kappa shape index (κ1) is 22.7. The van der Waals surface area contributed by atoms with Crippen LogP contribution in [0.5, 0.6) is 11.5 Å². The average molecular weight is 447 g/mol. The molecule has 2 unspecified atom stereocenters. The van der Waals surface area contributed by atoms with Crippen LogP contribution in [0.25, 0.3) is 0 Å². The van der Waals surface area contributed by atoms with E-state index in [-0.39, 0.29) is 17.9 Å². The van der Waals surface area contributed by atoms with Gasteiger partial charge in [0.15, 0.2) is 11.5 Å². The predicted molar refractivity (Wildman–Crippen MR) is 126 cm³/mol. The Morgan fingerprint density at radius 3 is 2.55 bits per heavy atom. The first-order chi connectivity index (χ1) is 16.2. The number of rotatable bonds is 8. The number of methoxy groups -OCH3 is 2. The van der Waals surface area contributed by atoms with Crippen molar-refractivity contribution in [2.75, 3.05) is 27.3 Å². The quantitative estimate of drug-likeness (QED) is 0.566. The van der Waals surface area contributed by atoms with Crippen LogP contribution in [0.3, 0.4) is 0 Å². The van der Waals surface area contributed by atoms with Gasteiger partial charge in [-0.2, -0.15) is 0 Å². The molecule has 7 heteroatoms. The van der Waals surface area contributed by atoms with Crippen molar-refractivity contribution < 1.29 is 14.3 Å². The zero-order valence-electron chi connectivity index (χ0n) is 19.1. The van der Waals surface area contributed by atoms with E-state index in [4.69, 9.17) is 9.47 Å². The number of hydrogen-bond acceptors (Lipinski definition) is 6. The molecule has 1 aromatic carbocycles. The molecule has 3 aromatic rings. The number of hydrogen-bond donors (Lipinski definition) is 1. The van der Waals surface area contributed by atoms with Crippen LogP contribution in [0.4, 0.5) is 0 Å². The molecule has 3 heterocycles. The number of benzene rings is 1. The van der Waals surface area contributed by atoms with E-state index in [1.165, 1.54) is 5.56 Å². The number of nitrogens with zero attached hydrogens (tertiary/aromatic N) is 3. The minimum absolute atomic E-state index is 0.178. The number of amides is 1. The molecule has 172 valence electrons. The second-order valence-corrected chi connectivity index (χ2v) is 8.25. The Balaban J connectivity index is 1.51. The Morgan fingerprint density at radius 2 is 1.85 bits per heavy atom. The Hall–Kier alpha value is -3.45. The third-order valence-corrected chi connectivity index (χ3v) is 6.06. The van der Waals surface area contributed by atoms with Gasteiger partial charge in [0, 0.05) is 25.5 Å². The summed E-state index contributed by atoms with van der Waals surface area (Å²) in [6, 6.07) is 17.1. The van der Waals surface area contributed by atoms with Crippen LogP contribution >= 0.6 is 0 Å². The van der Waals surface area contributed by atoms with E-state index in [0.29, 0.717) is 5.69 Å². The van der Waals surface area contributed by atoms with Crippen molar-refractivity contribution in [3.05, 3.63) is 83.9 Å². The third kappa shape index (κ3) is 5.68. The number of ether oxygens (including phenoxy) is 2. The van der Waals surface area contributed by atoms with Crippen LogP contribution in [0.2, 0.25) is 0 Å². The summed E-state index contributed by atoms with van der Waals surface area (Å²) in [5, 5.41) is 3.21. The Kier molecular flexibility index (Phi) is 7.52. The fraction of sp³-hybridized carbons (Fsp3) is 0.346. The lowest BCUT2D eigenvalue weighted by Gasteiger charge is -2.37. The van der Waals surface area contributed by atoms with Gasteiger partial charge in [-0.3, -0.25) is 19.7 Å². The lowest BCUT2D eigenvalue weighted by Crippen LogP contribution is -2.43. The van der Waals surface area contributed by atoms with Gasteiger partial charge in [-0.25, -0.2) is 0 Å². The van der Waals surface area contributed by atoms with Gasteiger partial charge in [-0.15, -0.1) is 0 Å². The molecule has 1 N–H and O–H groups in total. The number of carbonyl (C=O) groups is 1. The molecule has 2 aromatic heterocycles. The standard InChI is InChI=1S/C26H30N4O3/c1-32-23-12-11-19(16-24(23)33-2)17-30-15-7-8-20(18-30)25(21-9-3-5-13-27-21)29-26(31)22-10-4-6-14-28-22/h3-6,9-14,16,20,25H,7-8,15,17-18H2,1-2H3,(H,29,31). The molecule has 1 aliphatic heterocycles. The van der Waals surface area contributed by atoms with Gasteiger partial charge >= 0.3 is 0 Å². The largest absolute Gasteiger partial charge is 0.493 e. The number of piperidine rings is 1. The van der Waals surface area contributed by atoms with E-state index in [9.17, 15) is 4.79 Å². The van der Waals surface area contributed by atoms with Crippen LogP contribution < -0.4 is 14.8 Å². The van der Waals surface area contributed by atoms with Gasteiger partial charge in [-0.05, 0) is 67.3 Å². The number of aromatic nitrogens is 2. The minimum atomic E-state index is -0.186. The van der Waals surface area contributed by atoms with Crippen molar-refractivity contribution in [3.63, 3.8) is 0 Å². The number of carbonyl (C=O) groups excluding carboxylic acids is 1. The monoisotopic (exact) mass is 446 g/mol. The fourth-order valence-corrected chi connectivity index (χ4v) is 4.45. The SMILES string of the molecule is COc1ccc(CN2CCCC(C(NC(=O)c3ccccn3)c3ccccn3)C2)cc1OC. The molecule has 7 nitrogen and oxygen atoms in total. The summed E-state index contributed by atoms with van der Waals surface area (Å²) in [5.41, 5.74) is 2.45. The normalized spacial score (nSPS) is 17.2. The second-order valence-electron chi connectivity index (χ2n) is 8.25. The molecule has 0 bridgehead atoms. The molecule has 1 saturated heterocycles. The highest BCUT2D eigenvalue weighted by molar-refractivity contribution is 5.92. The Bertz CT molecular complexity index is 1050. The molecular formula is C26H30N4O3. The summed E-state index contributed by atoms with van der Waals surface area (Å²) >= 11 is 0. The summed E-state index contributed by atoms with van der Waals surface area (Å²) in [6.45, 7) is 2.67. The zero-order valence-corrected chi connectivity index (χ0v) is 19.1. The van der Waals surface area contributed by atoms with Gasteiger partial charge in [0.1, 0.15) is 5.69 Å². The molecule has 4 rings (SSSR count). The Labute approximate surface area is 194 Å². The first-order valence-corrected chi connectivity index (χ1v) is 11.2. The highest BCUT2D eigenvalue weighted by atomic mass is 16.5. The van der Waals surface area contributed by atoms with Crippen molar-refractivity contribution in [1.82, 2.24) is 20.2 Å². The maximum Gasteiger partial charge on any atom is 0.270 e. The summed E-state index contributed by atoms with van der Waals surface area (Å²) in [6.07, 6.45) is 5.49. The smallest absolute Gasteiger partial charge is 0.270 e. The summed E-state index contributed by atoms with van der Waals surface area (Å²) < 4.78 is 10.8. The average Bonchev–Trinajstić information content (AvgIpc) is 2.88. The van der Waals surface area contributed by atoms with Crippen molar-refractivity contribution >= 4 is 5.91 Å². The van der Waals surface area contributed by atoms with Gasteiger partial charge in [0.05, 0.1) is 26.0 Å². The fourth-order valence-electron chi connectivity index (χ4n) is 4.45. The second kappa shape index (κ2) is 10.9. The lowest BCUT2D eigenvalue weighted by molar-refractivity contribution is 0.0870. The van der Waals surface area contributed by atoms with Gasteiger partial charge < -0.3 is 14.8 Å². The minimum Gasteiger partial charge on any atom is -0.493 e. The number of likely N-dealkylation sites (tertiary alicyclic amines) is 1. The van der Waals surface area contributed by atoms with Crippen LogP contribution in [0.1, 0.15) is 40.6 Å². The van der Waals surface area contributed by atoms with Crippen LogP contribution in [0.15, 0.2) is 67.0 Å². The highest BCUT2D eigenvalue weighted by Gasteiger charge is 2.31. The summed E-state index contributed by atoms with van der Waals surface area (Å²) in [5.74, 6) is 1.52. The van der Waals surface area contributed by atoms with Crippen molar-refractivity contribution in [2.24, 2.45) is 5.92 Å². The molecule has 33 heavy (non-hydrogen) atoms. The molecule has 0 aliphatic carbocycles. The van der Waals surface area contributed by atoms with Gasteiger partial charge in [0.2, 0.25) is 0 Å². The summed E-state index contributed by atoms with van der Waals surface area (Å²) in [4.78, 5) is 24.1. The topological polar surface area (TPSA) is 76.6 Å². The molecule has 0 spiro atoms. The van der Waals surface area contributed by atoms with Gasteiger partial charge in [-0.1, -0.05) is 18.2 Å².